The van der Waals surface area contributed by atoms with Gasteiger partial charge in [0.25, 0.3) is 5.91 Å². The molecule has 4 aromatic heterocycles. The SMILES string of the molecule is CC(C)n1ncc2cc(C(=O)NCc3nnc4ccccn34)cnc21. The number of carbonyl (C=O) groups is 1. The Morgan fingerprint density at radius 2 is 2.12 bits per heavy atom. The summed E-state index contributed by atoms with van der Waals surface area (Å²) in [6, 6.07) is 7.66. The van der Waals surface area contributed by atoms with Crippen LogP contribution in [0.3, 0.4) is 0 Å². The smallest absolute Gasteiger partial charge is 0.253 e. The molecule has 8 heteroatoms. The van der Waals surface area contributed by atoms with E-state index in [0.29, 0.717) is 11.4 Å². The molecule has 126 valence electrons. The predicted molar refractivity (Wildman–Crippen MR) is 92.1 cm³/mol. The van der Waals surface area contributed by atoms with Gasteiger partial charge in [-0.05, 0) is 32.0 Å². The van der Waals surface area contributed by atoms with Crippen molar-refractivity contribution in [1.29, 1.82) is 0 Å². The summed E-state index contributed by atoms with van der Waals surface area (Å²) in [5, 5.41) is 16.2. The van der Waals surface area contributed by atoms with Crippen molar-refractivity contribution in [2.24, 2.45) is 0 Å². The van der Waals surface area contributed by atoms with Crippen LogP contribution < -0.4 is 5.32 Å². The summed E-state index contributed by atoms with van der Waals surface area (Å²) < 4.78 is 3.67. The van der Waals surface area contributed by atoms with Crippen molar-refractivity contribution < 1.29 is 4.79 Å². The summed E-state index contributed by atoms with van der Waals surface area (Å²) >= 11 is 0. The average molecular weight is 335 g/mol. The summed E-state index contributed by atoms with van der Waals surface area (Å²) in [6.45, 7) is 4.36. The highest BCUT2D eigenvalue weighted by Gasteiger charge is 2.13. The largest absolute Gasteiger partial charge is 0.345 e. The minimum absolute atomic E-state index is 0.209. The third-order valence-corrected chi connectivity index (χ3v) is 3.98. The van der Waals surface area contributed by atoms with E-state index in [9.17, 15) is 4.79 Å². The zero-order valence-corrected chi connectivity index (χ0v) is 13.9. The maximum atomic E-state index is 12.4. The fraction of sp³-hybridized carbons (Fsp3) is 0.235. The molecule has 0 aromatic carbocycles. The highest BCUT2D eigenvalue weighted by molar-refractivity contribution is 5.96. The van der Waals surface area contributed by atoms with Crippen LogP contribution in [0.15, 0.2) is 42.9 Å². The molecule has 1 amide bonds. The number of amides is 1. The second-order valence-corrected chi connectivity index (χ2v) is 6.05. The van der Waals surface area contributed by atoms with Crippen molar-refractivity contribution in [2.75, 3.05) is 0 Å². The third kappa shape index (κ3) is 2.71. The van der Waals surface area contributed by atoms with Gasteiger partial charge in [0.1, 0.15) is 0 Å². The predicted octanol–water partition coefficient (Wildman–Crippen LogP) is 1.98. The first-order valence-corrected chi connectivity index (χ1v) is 8.03. The summed E-state index contributed by atoms with van der Waals surface area (Å²) in [6.07, 6.45) is 5.16. The van der Waals surface area contributed by atoms with Gasteiger partial charge in [-0.25, -0.2) is 9.67 Å². The van der Waals surface area contributed by atoms with Gasteiger partial charge >= 0.3 is 0 Å². The molecule has 0 aliphatic rings. The lowest BCUT2D eigenvalue weighted by Crippen LogP contribution is -2.24. The molecule has 0 radical (unpaired) electrons. The molecule has 0 bridgehead atoms. The normalized spacial score (nSPS) is 11.5. The number of fused-ring (bicyclic) bond motifs is 2. The van der Waals surface area contributed by atoms with Gasteiger partial charge in [-0.1, -0.05) is 6.07 Å². The first-order valence-electron chi connectivity index (χ1n) is 8.03. The molecule has 4 aromatic rings. The summed E-state index contributed by atoms with van der Waals surface area (Å²) in [4.78, 5) is 16.8. The molecular weight excluding hydrogens is 318 g/mol. The summed E-state index contributed by atoms with van der Waals surface area (Å²) in [7, 11) is 0. The van der Waals surface area contributed by atoms with Crippen LogP contribution >= 0.6 is 0 Å². The fourth-order valence-corrected chi connectivity index (χ4v) is 2.72. The minimum Gasteiger partial charge on any atom is -0.345 e. The van der Waals surface area contributed by atoms with Crippen LogP contribution in [0.1, 0.15) is 36.1 Å². The van der Waals surface area contributed by atoms with E-state index >= 15 is 0 Å². The van der Waals surface area contributed by atoms with E-state index in [-0.39, 0.29) is 18.5 Å². The van der Waals surface area contributed by atoms with Crippen molar-refractivity contribution in [1.82, 2.24) is 34.7 Å². The molecule has 0 aliphatic heterocycles. The maximum absolute atomic E-state index is 12.4. The minimum atomic E-state index is -0.209. The Bertz CT molecular complexity index is 1060. The quantitative estimate of drug-likeness (QED) is 0.616. The second-order valence-electron chi connectivity index (χ2n) is 6.05. The van der Waals surface area contributed by atoms with Crippen molar-refractivity contribution in [3.63, 3.8) is 0 Å². The van der Waals surface area contributed by atoms with Crippen molar-refractivity contribution in [2.45, 2.75) is 26.4 Å². The lowest BCUT2D eigenvalue weighted by atomic mass is 10.2. The van der Waals surface area contributed by atoms with E-state index in [1.165, 1.54) is 0 Å². The van der Waals surface area contributed by atoms with Crippen LogP contribution in [-0.4, -0.2) is 35.3 Å². The first kappa shape index (κ1) is 15.3. The molecule has 0 atom stereocenters. The van der Waals surface area contributed by atoms with Gasteiger partial charge in [-0.2, -0.15) is 5.10 Å². The number of hydrogen-bond donors (Lipinski definition) is 1. The highest BCUT2D eigenvalue weighted by Crippen LogP contribution is 2.16. The van der Waals surface area contributed by atoms with Crippen LogP contribution in [0.2, 0.25) is 0 Å². The molecule has 4 heterocycles. The van der Waals surface area contributed by atoms with Crippen molar-refractivity contribution in [3.05, 3.63) is 54.2 Å². The van der Waals surface area contributed by atoms with E-state index in [4.69, 9.17) is 0 Å². The number of aromatic nitrogens is 6. The maximum Gasteiger partial charge on any atom is 0.253 e. The van der Waals surface area contributed by atoms with Gasteiger partial charge < -0.3 is 5.32 Å². The average Bonchev–Trinajstić information content (AvgIpc) is 3.23. The Hall–Kier alpha value is -3.29. The van der Waals surface area contributed by atoms with Crippen molar-refractivity contribution >= 4 is 22.6 Å². The van der Waals surface area contributed by atoms with Crippen molar-refractivity contribution in [3.8, 4) is 0 Å². The Balaban J connectivity index is 1.54. The monoisotopic (exact) mass is 335 g/mol. The molecular formula is C17H17N7O. The third-order valence-electron chi connectivity index (χ3n) is 3.98. The zero-order chi connectivity index (χ0) is 17.4. The first-order chi connectivity index (χ1) is 12.1. The molecule has 0 saturated heterocycles. The van der Waals surface area contributed by atoms with Crippen LogP contribution in [0.25, 0.3) is 16.7 Å². The van der Waals surface area contributed by atoms with E-state index in [1.807, 2.05) is 47.3 Å². The van der Waals surface area contributed by atoms with Crippen LogP contribution in [0, 0.1) is 0 Å². The molecule has 1 N–H and O–H groups in total. The molecule has 0 fully saturated rings. The number of nitrogens with zero attached hydrogens (tertiary/aromatic N) is 6. The zero-order valence-electron chi connectivity index (χ0n) is 13.9. The van der Waals surface area contributed by atoms with Gasteiger partial charge in [0.15, 0.2) is 17.1 Å². The Labute approximate surface area is 143 Å². The van der Waals surface area contributed by atoms with Crippen LogP contribution in [0.4, 0.5) is 0 Å². The number of nitrogens with one attached hydrogen (secondary N) is 1. The van der Waals surface area contributed by atoms with E-state index in [0.717, 1.165) is 16.7 Å². The van der Waals surface area contributed by atoms with E-state index in [1.54, 1.807) is 18.5 Å². The van der Waals surface area contributed by atoms with Gasteiger partial charge in [0.2, 0.25) is 0 Å². The molecule has 4 rings (SSSR count). The molecule has 8 nitrogen and oxygen atoms in total. The van der Waals surface area contributed by atoms with Gasteiger partial charge in [-0.3, -0.25) is 9.20 Å². The van der Waals surface area contributed by atoms with Gasteiger partial charge in [-0.15, -0.1) is 10.2 Å². The Morgan fingerprint density at radius 3 is 2.96 bits per heavy atom. The van der Waals surface area contributed by atoms with E-state index < -0.39 is 0 Å². The molecule has 0 spiro atoms. The molecule has 0 saturated carbocycles. The van der Waals surface area contributed by atoms with Gasteiger partial charge in [0.05, 0.1) is 18.3 Å². The standard InChI is InChI=1S/C17H17N7O/c1-11(2)24-16-12(9-20-24)7-13(8-18-16)17(25)19-10-15-22-21-14-5-3-4-6-23(14)15/h3-9,11H,10H2,1-2H3,(H,19,25). The molecule has 25 heavy (non-hydrogen) atoms. The Kier molecular flexibility index (Phi) is 3.64. The number of rotatable bonds is 4. The molecule has 0 unspecified atom stereocenters. The lowest BCUT2D eigenvalue weighted by molar-refractivity contribution is 0.0949. The van der Waals surface area contributed by atoms with Crippen LogP contribution in [-0.2, 0) is 6.54 Å². The number of pyridine rings is 2. The summed E-state index contributed by atoms with van der Waals surface area (Å²) in [5.41, 5.74) is 2.01. The molecule has 0 aliphatic carbocycles. The second kappa shape index (κ2) is 5.97. The topological polar surface area (TPSA) is 90.0 Å². The lowest BCUT2D eigenvalue weighted by Gasteiger charge is -2.07. The van der Waals surface area contributed by atoms with Gasteiger partial charge in [0, 0.05) is 23.8 Å². The van der Waals surface area contributed by atoms with Crippen LogP contribution in [0.5, 0.6) is 0 Å². The summed E-state index contributed by atoms with van der Waals surface area (Å²) in [5.74, 6) is 0.463. The number of carbonyl (C=O) groups excluding carboxylic acids is 1. The Morgan fingerprint density at radius 1 is 1.24 bits per heavy atom. The fourth-order valence-electron chi connectivity index (χ4n) is 2.72. The number of hydrogen-bond acceptors (Lipinski definition) is 5. The highest BCUT2D eigenvalue weighted by atomic mass is 16.1. The van der Waals surface area contributed by atoms with E-state index in [2.05, 4.69) is 25.6 Å².